The number of rotatable bonds is 1. The summed E-state index contributed by atoms with van der Waals surface area (Å²) in [5, 5.41) is 10.2. The van der Waals surface area contributed by atoms with Gasteiger partial charge in [0.05, 0.1) is 22.9 Å². The van der Waals surface area contributed by atoms with Gasteiger partial charge < -0.3 is 0 Å². The van der Waals surface area contributed by atoms with Crippen molar-refractivity contribution >= 4 is 33.4 Å². The summed E-state index contributed by atoms with van der Waals surface area (Å²) >= 11 is 5.95. The Bertz CT molecular complexity index is 1070. The Morgan fingerprint density at radius 1 is 0.958 bits per heavy atom. The number of pyridine rings is 2. The third kappa shape index (κ3) is 2.03. The summed E-state index contributed by atoms with van der Waals surface area (Å²) in [5.41, 5.74) is 6.94. The third-order valence-corrected chi connectivity index (χ3v) is 5.11. The molecule has 1 aliphatic rings. The zero-order chi connectivity index (χ0) is 16.1. The van der Waals surface area contributed by atoms with Gasteiger partial charge in [0.15, 0.2) is 0 Å². The Morgan fingerprint density at radius 2 is 1.83 bits per heavy atom. The lowest BCUT2D eigenvalue weighted by Gasteiger charge is -2.21. The highest BCUT2D eigenvalue weighted by molar-refractivity contribution is 6.29. The van der Waals surface area contributed by atoms with Crippen LogP contribution in [0.4, 0.5) is 0 Å². The number of nitrogens with one attached hydrogen (secondary N) is 1. The van der Waals surface area contributed by atoms with Gasteiger partial charge in [-0.1, -0.05) is 11.6 Å². The first kappa shape index (κ1) is 13.9. The molecule has 24 heavy (non-hydrogen) atoms. The van der Waals surface area contributed by atoms with E-state index in [1.165, 1.54) is 34.7 Å². The van der Waals surface area contributed by atoms with E-state index in [0.717, 1.165) is 35.1 Å². The van der Waals surface area contributed by atoms with Gasteiger partial charge in [0.1, 0.15) is 5.15 Å². The molecule has 5 rings (SSSR count). The predicted octanol–water partition coefficient (Wildman–Crippen LogP) is 4.71. The molecule has 1 N–H and O–H groups in total. The van der Waals surface area contributed by atoms with Crippen molar-refractivity contribution < 1.29 is 0 Å². The molecule has 3 aromatic heterocycles. The maximum Gasteiger partial charge on any atom is 0.129 e. The highest BCUT2D eigenvalue weighted by Crippen LogP contribution is 2.37. The summed E-state index contributed by atoms with van der Waals surface area (Å²) in [6.45, 7) is 0. The second kappa shape index (κ2) is 5.28. The van der Waals surface area contributed by atoms with Crippen LogP contribution in [0.25, 0.3) is 33.1 Å². The Kier molecular flexibility index (Phi) is 3.06. The molecular weight excluding hydrogens is 320 g/mol. The van der Waals surface area contributed by atoms with Crippen molar-refractivity contribution in [1.29, 1.82) is 0 Å². The van der Waals surface area contributed by atoms with Gasteiger partial charge in [-0.25, -0.2) is 9.97 Å². The minimum Gasteiger partial charge on any atom is -0.278 e. The lowest BCUT2D eigenvalue weighted by molar-refractivity contribution is 0.689. The Labute approximate surface area is 143 Å². The van der Waals surface area contributed by atoms with E-state index in [1.807, 2.05) is 24.5 Å². The van der Waals surface area contributed by atoms with Crippen molar-refractivity contribution in [2.75, 3.05) is 0 Å². The lowest BCUT2D eigenvalue weighted by atomic mass is 9.86. The van der Waals surface area contributed by atoms with Crippen LogP contribution in [0.2, 0.25) is 5.15 Å². The number of benzene rings is 1. The maximum atomic E-state index is 5.95. The second-order valence-corrected chi connectivity index (χ2v) is 6.67. The maximum absolute atomic E-state index is 5.95. The van der Waals surface area contributed by atoms with Crippen molar-refractivity contribution in [3.05, 3.63) is 52.9 Å². The molecule has 118 valence electrons. The molecule has 0 unspecified atom stereocenters. The van der Waals surface area contributed by atoms with Crippen LogP contribution >= 0.6 is 11.6 Å². The Hall–Kier alpha value is -2.46. The second-order valence-electron chi connectivity index (χ2n) is 6.29. The molecular formula is C19H15ClN4. The number of fused-ring (bicyclic) bond motifs is 5. The fraction of sp³-hybridized carbons (Fsp3) is 0.211. The SMILES string of the molecule is Clc1ccc(-c2nc3ccc4[nH]ncc4c3c3c2CCCC3)cn1. The molecule has 1 aromatic carbocycles. The molecule has 1 aliphatic carbocycles. The van der Waals surface area contributed by atoms with E-state index in [0.29, 0.717) is 5.15 Å². The Morgan fingerprint density at radius 3 is 2.67 bits per heavy atom. The van der Waals surface area contributed by atoms with Crippen LogP contribution in [-0.2, 0) is 12.8 Å². The normalized spacial score (nSPS) is 14.2. The number of hydrogen-bond acceptors (Lipinski definition) is 3. The van der Waals surface area contributed by atoms with Crippen molar-refractivity contribution in [3.63, 3.8) is 0 Å². The van der Waals surface area contributed by atoms with E-state index in [-0.39, 0.29) is 0 Å². The summed E-state index contributed by atoms with van der Waals surface area (Å²) in [7, 11) is 0. The summed E-state index contributed by atoms with van der Waals surface area (Å²) < 4.78 is 0. The van der Waals surface area contributed by atoms with Crippen LogP contribution in [-0.4, -0.2) is 20.2 Å². The van der Waals surface area contributed by atoms with E-state index in [2.05, 4.69) is 27.3 Å². The minimum absolute atomic E-state index is 0.508. The van der Waals surface area contributed by atoms with Crippen molar-refractivity contribution in [2.24, 2.45) is 0 Å². The number of aryl methyl sites for hydroxylation is 1. The first-order valence-corrected chi connectivity index (χ1v) is 8.58. The summed E-state index contributed by atoms with van der Waals surface area (Å²) in [6.07, 6.45) is 8.31. The fourth-order valence-corrected chi connectivity index (χ4v) is 3.91. The van der Waals surface area contributed by atoms with Gasteiger partial charge >= 0.3 is 0 Å². The van der Waals surface area contributed by atoms with Crippen LogP contribution in [0, 0.1) is 0 Å². The van der Waals surface area contributed by atoms with Crippen molar-refractivity contribution in [3.8, 4) is 11.3 Å². The summed E-state index contributed by atoms with van der Waals surface area (Å²) in [4.78, 5) is 9.23. The smallest absolute Gasteiger partial charge is 0.129 e. The quantitative estimate of drug-likeness (QED) is 0.513. The van der Waals surface area contributed by atoms with E-state index >= 15 is 0 Å². The summed E-state index contributed by atoms with van der Waals surface area (Å²) in [5.74, 6) is 0. The number of H-pyrrole nitrogens is 1. The first-order valence-electron chi connectivity index (χ1n) is 8.21. The Balaban J connectivity index is 1.88. The third-order valence-electron chi connectivity index (χ3n) is 4.89. The molecule has 0 bridgehead atoms. The van der Waals surface area contributed by atoms with Gasteiger partial charge in [-0.05, 0) is 61.1 Å². The number of halogens is 1. The zero-order valence-corrected chi connectivity index (χ0v) is 13.8. The largest absolute Gasteiger partial charge is 0.278 e. The molecule has 0 amide bonds. The molecule has 0 saturated carbocycles. The van der Waals surface area contributed by atoms with Gasteiger partial charge in [0, 0.05) is 22.5 Å². The molecule has 0 fully saturated rings. The first-order chi connectivity index (χ1) is 11.8. The molecule has 5 heteroatoms. The molecule has 0 saturated heterocycles. The topological polar surface area (TPSA) is 54.5 Å². The van der Waals surface area contributed by atoms with Crippen LogP contribution in [0.5, 0.6) is 0 Å². The van der Waals surface area contributed by atoms with E-state index in [9.17, 15) is 0 Å². The van der Waals surface area contributed by atoms with Gasteiger partial charge in [-0.3, -0.25) is 5.10 Å². The van der Waals surface area contributed by atoms with Gasteiger partial charge in [0.25, 0.3) is 0 Å². The minimum atomic E-state index is 0.508. The average molecular weight is 335 g/mol. The number of aromatic nitrogens is 4. The lowest BCUT2D eigenvalue weighted by Crippen LogP contribution is -2.08. The van der Waals surface area contributed by atoms with Crippen LogP contribution in [0.1, 0.15) is 24.0 Å². The molecule has 4 aromatic rings. The number of aromatic amines is 1. The van der Waals surface area contributed by atoms with Crippen LogP contribution in [0.3, 0.4) is 0 Å². The van der Waals surface area contributed by atoms with Gasteiger partial charge in [0.2, 0.25) is 0 Å². The molecule has 0 aliphatic heterocycles. The highest BCUT2D eigenvalue weighted by Gasteiger charge is 2.21. The molecule has 0 radical (unpaired) electrons. The highest BCUT2D eigenvalue weighted by atomic mass is 35.5. The fourth-order valence-electron chi connectivity index (χ4n) is 3.80. The van der Waals surface area contributed by atoms with E-state index < -0.39 is 0 Å². The van der Waals surface area contributed by atoms with Crippen LogP contribution < -0.4 is 0 Å². The van der Waals surface area contributed by atoms with Crippen LogP contribution in [0.15, 0.2) is 36.7 Å². The average Bonchev–Trinajstić information content (AvgIpc) is 3.10. The van der Waals surface area contributed by atoms with Crippen molar-refractivity contribution in [1.82, 2.24) is 20.2 Å². The molecule has 0 atom stereocenters. The predicted molar refractivity (Wildman–Crippen MR) is 96.3 cm³/mol. The standard InChI is InChI=1S/C19H15ClN4/c20-17-8-5-11(9-21-17)19-13-4-2-1-3-12(13)18-14-10-22-24-15(14)6-7-16(18)23-19/h5-10H,1-4H2,(H,22,24). The molecule has 3 heterocycles. The number of hydrogen-bond donors (Lipinski definition) is 1. The van der Waals surface area contributed by atoms with Crippen molar-refractivity contribution in [2.45, 2.75) is 25.7 Å². The van der Waals surface area contributed by atoms with E-state index in [1.54, 1.807) is 0 Å². The number of nitrogens with zero attached hydrogens (tertiary/aromatic N) is 3. The zero-order valence-electron chi connectivity index (χ0n) is 13.0. The molecule has 0 spiro atoms. The monoisotopic (exact) mass is 334 g/mol. The van der Waals surface area contributed by atoms with Gasteiger partial charge in [-0.15, -0.1) is 0 Å². The van der Waals surface area contributed by atoms with Gasteiger partial charge in [-0.2, -0.15) is 5.10 Å². The molecule has 4 nitrogen and oxygen atoms in total. The summed E-state index contributed by atoms with van der Waals surface area (Å²) in [6, 6.07) is 7.97. The van der Waals surface area contributed by atoms with E-state index in [4.69, 9.17) is 16.6 Å².